The van der Waals surface area contributed by atoms with Gasteiger partial charge in [-0.05, 0) is 71.4 Å². The van der Waals surface area contributed by atoms with Crippen molar-refractivity contribution in [1.82, 2.24) is 15.1 Å². The van der Waals surface area contributed by atoms with E-state index in [1.165, 1.54) is 5.57 Å². The zero-order valence-electron chi connectivity index (χ0n) is 22.5. The average molecular weight is 514 g/mol. The number of ether oxygens (including phenoxy) is 1. The summed E-state index contributed by atoms with van der Waals surface area (Å²) in [6.07, 6.45) is 5.36. The number of H-pyrrole nitrogens is 1. The summed E-state index contributed by atoms with van der Waals surface area (Å²) in [7, 11) is 3.59. The number of rotatable bonds is 12. The number of aromatic amines is 1. The molecule has 0 aliphatic heterocycles. The van der Waals surface area contributed by atoms with Gasteiger partial charge in [-0.3, -0.25) is 9.89 Å². The average Bonchev–Trinajstić information content (AvgIpc) is 3.31. The normalized spacial score (nSPS) is 11.9. The minimum absolute atomic E-state index is 0.183. The van der Waals surface area contributed by atoms with Crippen molar-refractivity contribution in [3.05, 3.63) is 95.4 Å². The summed E-state index contributed by atoms with van der Waals surface area (Å²) >= 11 is 0. The minimum Gasteiger partial charge on any atom is -0.494 e. The monoisotopic (exact) mass is 513 g/mol. The summed E-state index contributed by atoms with van der Waals surface area (Å²) < 4.78 is 20.4. The number of hydrogen-bond donors (Lipinski definition) is 1. The molecule has 0 fully saturated rings. The molecule has 0 aliphatic carbocycles. The molecule has 1 aromatic heterocycles. The van der Waals surface area contributed by atoms with Crippen LogP contribution in [-0.2, 0) is 4.79 Å². The van der Waals surface area contributed by atoms with Crippen LogP contribution < -0.4 is 4.74 Å². The molecule has 0 saturated heterocycles. The van der Waals surface area contributed by atoms with E-state index in [0.717, 1.165) is 60.1 Å². The van der Waals surface area contributed by atoms with Crippen LogP contribution >= 0.6 is 0 Å². The van der Waals surface area contributed by atoms with E-state index in [1.54, 1.807) is 19.0 Å². The number of nitrogens with zero attached hydrogens (tertiary/aromatic N) is 2. The molecule has 0 bridgehead atoms. The number of aromatic nitrogens is 2. The number of carbonyl (C=O) groups is 1. The van der Waals surface area contributed by atoms with Gasteiger partial charge in [-0.25, -0.2) is 0 Å². The number of fused-ring (bicyclic) bond motifs is 1. The number of hydrogen-bond acceptors (Lipinski definition) is 3. The third-order valence-corrected chi connectivity index (χ3v) is 6.77. The highest BCUT2D eigenvalue weighted by Crippen LogP contribution is 2.36. The lowest BCUT2D eigenvalue weighted by molar-refractivity contribution is -0.128. The number of unbranched alkanes of at least 4 members (excludes halogenated alkanes) is 3. The molecule has 1 heterocycles. The number of carbonyl (C=O) groups excluding carboxylic acids is 1. The molecule has 6 heteroatoms. The Labute approximate surface area is 224 Å². The highest BCUT2D eigenvalue weighted by atomic mass is 19.1. The molecule has 0 spiro atoms. The van der Waals surface area contributed by atoms with Gasteiger partial charge in [0.2, 0.25) is 11.9 Å². The minimum atomic E-state index is -0.424. The number of halogens is 1. The fraction of sp³-hybridized carbons (Fsp3) is 0.312. The quantitative estimate of drug-likeness (QED) is 0.158. The van der Waals surface area contributed by atoms with Crippen LogP contribution in [-0.4, -0.2) is 41.7 Å². The van der Waals surface area contributed by atoms with Gasteiger partial charge in [-0.15, -0.1) is 0 Å². The van der Waals surface area contributed by atoms with Crippen molar-refractivity contribution < 1.29 is 13.9 Å². The summed E-state index contributed by atoms with van der Waals surface area (Å²) in [6.45, 7) is 2.79. The number of nitrogens with one attached hydrogen (secondary N) is 1. The van der Waals surface area contributed by atoms with Gasteiger partial charge in [0.25, 0.3) is 0 Å². The second-order valence-corrected chi connectivity index (χ2v) is 9.67. The zero-order chi connectivity index (χ0) is 26.9. The first-order chi connectivity index (χ1) is 18.5. The topological polar surface area (TPSA) is 58.2 Å². The van der Waals surface area contributed by atoms with Gasteiger partial charge in [-0.2, -0.15) is 9.49 Å². The van der Waals surface area contributed by atoms with Gasteiger partial charge in [0.15, 0.2) is 0 Å². The molecule has 0 radical (unpaired) electrons. The molecule has 198 valence electrons. The Bertz CT molecular complexity index is 1380. The Kier molecular flexibility index (Phi) is 9.30. The molecule has 1 amide bonds. The largest absolute Gasteiger partial charge is 0.494 e. The molecule has 0 unspecified atom stereocenters. The molecule has 3 aromatic carbocycles. The second kappa shape index (κ2) is 13.0. The van der Waals surface area contributed by atoms with Gasteiger partial charge < -0.3 is 9.64 Å². The molecule has 38 heavy (non-hydrogen) atoms. The predicted octanol–water partition coefficient (Wildman–Crippen LogP) is 7.49. The summed E-state index contributed by atoms with van der Waals surface area (Å²) in [5.74, 6) is 0.583. The molecule has 1 N–H and O–H groups in total. The first-order valence-electron chi connectivity index (χ1n) is 13.3. The molecule has 4 rings (SSSR count). The lowest BCUT2D eigenvalue weighted by Gasteiger charge is -2.17. The first kappa shape index (κ1) is 27.1. The molecule has 5 nitrogen and oxygen atoms in total. The van der Waals surface area contributed by atoms with E-state index in [0.29, 0.717) is 23.9 Å². The Morgan fingerprint density at radius 2 is 1.61 bits per heavy atom. The van der Waals surface area contributed by atoms with Crippen LogP contribution in [0.1, 0.15) is 62.1 Å². The Morgan fingerprint density at radius 1 is 0.895 bits per heavy atom. The van der Waals surface area contributed by atoms with E-state index in [4.69, 9.17) is 4.74 Å². The van der Waals surface area contributed by atoms with Crippen LogP contribution in [0.5, 0.6) is 5.75 Å². The van der Waals surface area contributed by atoms with Crippen LogP contribution in [0.4, 0.5) is 4.39 Å². The Hall–Kier alpha value is -3.93. The van der Waals surface area contributed by atoms with E-state index in [1.807, 2.05) is 48.5 Å². The van der Waals surface area contributed by atoms with Crippen molar-refractivity contribution in [1.29, 1.82) is 0 Å². The fourth-order valence-corrected chi connectivity index (χ4v) is 4.68. The van der Waals surface area contributed by atoms with E-state index in [-0.39, 0.29) is 5.91 Å². The van der Waals surface area contributed by atoms with Crippen LogP contribution in [0, 0.1) is 5.95 Å². The van der Waals surface area contributed by atoms with Crippen LogP contribution in [0.3, 0.4) is 0 Å². The van der Waals surface area contributed by atoms with Crippen molar-refractivity contribution in [3.8, 4) is 5.75 Å². The number of benzene rings is 3. The first-order valence-corrected chi connectivity index (χ1v) is 13.3. The van der Waals surface area contributed by atoms with Crippen LogP contribution in [0.2, 0.25) is 0 Å². The smallest absolute Gasteiger partial charge is 0.222 e. The summed E-state index contributed by atoms with van der Waals surface area (Å²) in [6, 6.07) is 24.2. The predicted molar refractivity (Wildman–Crippen MR) is 152 cm³/mol. The van der Waals surface area contributed by atoms with Gasteiger partial charge >= 0.3 is 0 Å². The lowest BCUT2D eigenvalue weighted by atomic mass is 9.88. The Morgan fingerprint density at radius 3 is 2.32 bits per heavy atom. The Balaban J connectivity index is 1.50. The van der Waals surface area contributed by atoms with E-state index in [9.17, 15) is 9.18 Å². The maximum Gasteiger partial charge on any atom is 0.222 e. The summed E-state index contributed by atoms with van der Waals surface area (Å²) in [5.41, 5.74) is 6.00. The number of amides is 1. The van der Waals surface area contributed by atoms with Crippen LogP contribution in [0.15, 0.2) is 72.8 Å². The lowest BCUT2D eigenvalue weighted by Crippen LogP contribution is -2.20. The van der Waals surface area contributed by atoms with Crippen molar-refractivity contribution in [2.24, 2.45) is 0 Å². The number of allylic oxidation sites excluding steroid dienone is 1. The van der Waals surface area contributed by atoms with Gasteiger partial charge in [-0.1, -0.05) is 68.3 Å². The van der Waals surface area contributed by atoms with Crippen molar-refractivity contribution >= 4 is 28.0 Å². The van der Waals surface area contributed by atoms with E-state index >= 15 is 0 Å². The maximum absolute atomic E-state index is 14.4. The van der Waals surface area contributed by atoms with Gasteiger partial charge in [0, 0.05) is 20.5 Å². The zero-order valence-corrected chi connectivity index (χ0v) is 22.5. The molecule has 0 saturated carbocycles. The van der Waals surface area contributed by atoms with Crippen molar-refractivity contribution in [3.63, 3.8) is 0 Å². The summed E-state index contributed by atoms with van der Waals surface area (Å²) in [4.78, 5) is 13.3. The van der Waals surface area contributed by atoms with Gasteiger partial charge in [0.1, 0.15) is 5.75 Å². The standard InChI is InChI=1S/C32H36FN3O2/c1-4-27(23-12-8-7-9-13-23)31(25-17-20-29-28(22-25)32(33)35-34-29)24-15-18-26(19-16-24)38-21-11-6-5-10-14-30(37)36(2)3/h7-9,12-13,15-20,22H,4-6,10-11,14,21H2,1-3H3,(H,34,35)/b31-27+. The van der Waals surface area contributed by atoms with Crippen molar-refractivity contribution in [2.45, 2.75) is 45.4 Å². The molecule has 0 atom stereocenters. The van der Waals surface area contributed by atoms with E-state index in [2.05, 4.69) is 41.4 Å². The maximum atomic E-state index is 14.4. The van der Waals surface area contributed by atoms with Crippen LogP contribution in [0.25, 0.3) is 22.0 Å². The third kappa shape index (κ3) is 6.68. The third-order valence-electron chi connectivity index (χ3n) is 6.77. The highest BCUT2D eigenvalue weighted by molar-refractivity contribution is 6.00. The fourth-order valence-electron chi connectivity index (χ4n) is 4.68. The molecular weight excluding hydrogens is 477 g/mol. The highest BCUT2D eigenvalue weighted by Gasteiger charge is 2.15. The SMILES string of the molecule is CC/C(=C(/c1ccc(OCCCCCCC(=O)N(C)C)cc1)c1ccc2n[nH]c(F)c2c1)c1ccccc1. The van der Waals surface area contributed by atoms with Crippen molar-refractivity contribution in [2.75, 3.05) is 20.7 Å². The molecule has 0 aliphatic rings. The second-order valence-electron chi connectivity index (χ2n) is 9.67. The van der Waals surface area contributed by atoms with Gasteiger partial charge in [0.05, 0.1) is 17.5 Å². The molecule has 4 aromatic rings. The molecular formula is C32H36FN3O2. The van der Waals surface area contributed by atoms with E-state index < -0.39 is 5.95 Å². The summed E-state index contributed by atoms with van der Waals surface area (Å²) in [5, 5.41) is 6.97.